The first-order valence-electron chi connectivity index (χ1n) is 10.2. The molecule has 0 saturated carbocycles. The van der Waals surface area contributed by atoms with Crippen molar-refractivity contribution < 1.29 is 25.8 Å². The first-order chi connectivity index (χ1) is 16.3. The highest BCUT2D eigenvalue weighted by molar-refractivity contribution is 7.93. The van der Waals surface area contributed by atoms with Crippen LogP contribution in [0.1, 0.15) is 18.2 Å². The van der Waals surface area contributed by atoms with Crippen LogP contribution in [-0.4, -0.2) is 44.0 Å². The lowest BCUT2D eigenvalue weighted by molar-refractivity contribution is -0.141. The molecular weight excluding hydrogens is 503 g/mol. The van der Waals surface area contributed by atoms with Gasteiger partial charge in [0.25, 0.3) is 0 Å². The Kier molecular flexibility index (Phi) is 6.18. The highest BCUT2D eigenvalue weighted by Gasteiger charge is 2.33. The number of rotatable bonds is 5. The maximum Gasteiger partial charge on any atom is 0.433 e. The number of aryl methyl sites for hydroxylation is 1. The molecule has 0 N–H and O–H groups in total. The maximum atomic E-state index is 13.2. The van der Waals surface area contributed by atoms with Crippen LogP contribution in [0.2, 0.25) is 0 Å². The molecule has 4 aromatic rings. The maximum absolute atomic E-state index is 13.2. The van der Waals surface area contributed by atoms with Gasteiger partial charge < -0.3 is 0 Å². The molecule has 0 radical (unpaired) electrons. The molecule has 0 fully saturated rings. The summed E-state index contributed by atoms with van der Waals surface area (Å²) >= 11 is 0. The molecule has 13 heteroatoms. The predicted molar refractivity (Wildman–Crippen MR) is 125 cm³/mol. The summed E-state index contributed by atoms with van der Waals surface area (Å²) in [6.07, 6.45) is 0.320. The zero-order valence-corrected chi connectivity index (χ0v) is 20.4. The molecule has 0 amide bonds. The Morgan fingerprint density at radius 2 is 1.74 bits per heavy atom. The van der Waals surface area contributed by atoms with Crippen LogP contribution in [0.15, 0.2) is 69.3 Å². The summed E-state index contributed by atoms with van der Waals surface area (Å²) in [7, 11) is -6.76. The molecule has 1 atom stereocenters. The fourth-order valence-corrected chi connectivity index (χ4v) is 5.59. The van der Waals surface area contributed by atoms with Gasteiger partial charge in [0.15, 0.2) is 9.84 Å². The van der Waals surface area contributed by atoms with E-state index < -0.39 is 31.4 Å². The molecule has 8 nitrogen and oxygen atoms in total. The van der Waals surface area contributed by atoms with Crippen molar-refractivity contribution in [2.45, 2.75) is 29.8 Å². The standard InChI is InChI=1S/C22H20F3N5O3S2/c1-4-35(32,33)18-9-15(29-34(3,31)16-7-5-14(2)6-8-16)11-26-21(18)17-12-30-13-27-19(22(23,24)25)10-20(30)28-17/h5-13H,4H2,1-3H3. The molecular formula is C22H20F3N5O3S2. The number of hydrogen-bond donors (Lipinski definition) is 0. The van der Waals surface area contributed by atoms with Crippen LogP contribution in [0.3, 0.4) is 0 Å². The number of fused-ring (bicyclic) bond motifs is 1. The molecule has 4 rings (SSSR count). The third kappa shape index (κ3) is 5.05. The zero-order chi connectivity index (χ0) is 25.6. The molecule has 184 valence electrons. The summed E-state index contributed by atoms with van der Waals surface area (Å²) in [5.41, 5.74) is -0.149. The molecule has 0 saturated heterocycles. The van der Waals surface area contributed by atoms with Crippen LogP contribution in [0, 0.1) is 6.92 Å². The summed E-state index contributed by atoms with van der Waals surface area (Å²) in [6, 6.07) is 8.98. The molecule has 35 heavy (non-hydrogen) atoms. The number of pyridine rings is 1. The van der Waals surface area contributed by atoms with Gasteiger partial charge in [-0.1, -0.05) is 24.6 Å². The first kappa shape index (κ1) is 24.8. The SMILES string of the molecule is CCS(=O)(=O)c1cc(N=S(C)(=O)c2ccc(C)cc2)cnc1-c1cn2cnc(C(F)(F)F)cc2n1. The number of aromatic nitrogens is 4. The van der Waals surface area contributed by atoms with Crippen molar-refractivity contribution >= 4 is 30.9 Å². The van der Waals surface area contributed by atoms with Gasteiger partial charge in [-0.05, 0) is 25.1 Å². The molecule has 3 heterocycles. The lowest BCUT2D eigenvalue weighted by Gasteiger charge is -2.09. The summed E-state index contributed by atoms with van der Waals surface area (Å²) in [6.45, 7) is 3.34. The van der Waals surface area contributed by atoms with Gasteiger partial charge in [-0.25, -0.2) is 22.6 Å². The van der Waals surface area contributed by atoms with Gasteiger partial charge in [-0.3, -0.25) is 9.38 Å². The minimum Gasteiger partial charge on any atom is -0.290 e. The van der Waals surface area contributed by atoms with E-state index in [0.29, 0.717) is 4.90 Å². The summed E-state index contributed by atoms with van der Waals surface area (Å²) < 4.78 is 83.5. The van der Waals surface area contributed by atoms with Crippen molar-refractivity contribution in [1.82, 2.24) is 19.4 Å². The third-order valence-corrected chi connectivity index (χ3v) is 8.62. The zero-order valence-electron chi connectivity index (χ0n) is 18.8. The fourth-order valence-electron chi connectivity index (χ4n) is 3.27. The van der Waals surface area contributed by atoms with Gasteiger partial charge in [0, 0.05) is 23.4 Å². The van der Waals surface area contributed by atoms with E-state index in [1.807, 2.05) is 6.92 Å². The number of hydrogen-bond acceptors (Lipinski definition) is 7. The minimum atomic E-state index is -4.66. The van der Waals surface area contributed by atoms with Crippen molar-refractivity contribution in [2.75, 3.05) is 12.0 Å². The van der Waals surface area contributed by atoms with Crippen molar-refractivity contribution in [3.05, 3.63) is 66.4 Å². The first-order valence-corrected chi connectivity index (χ1v) is 13.8. The number of sulfone groups is 1. The van der Waals surface area contributed by atoms with Crippen molar-refractivity contribution in [1.29, 1.82) is 0 Å². The molecule has 0 aliphatic heterocycles. The average molecular weight is 524 g/mol. The predicted octanol–water partition coefficient (Wildman–Crippen LogP) is 4.70. The van der Waals surface area contributed by atoms with Crippen molar-refractivity contribution in [2.24, 2.45) is 4.36 Å². The van der Waals surface area contributed by atoms with E-state index in [1.54, 1.807) is 24.3 Å². The van der Waals surface area contributed by atoms with Crippen LogP contribution in [-0.2, 0) is 25.7 Å². The van der Waals surface area contributed by atoms with Gasteiger partial charge in [-0.15, -0.1) is 0 Å². The number of alkyl halides is 3. The highest BCUT2D eigenvalue weighted by Crippen LogP contribution is 2.32. The molecule has 0 aliphatic carbocycles. The van der Waals surface area contributed by atoms with Gasteiger partial charge >= 0.3 is 6.18 Å². The van der Waals surface area contributed by atoms with E-state index in [4.69, 9.17) is 0 Å². The normalized spacial score (nSPS) is 14.1. The van der Waals surface area contributed by atoms with Gasteiger partial charge in [-0.2, -0.15) is 17.5 Å². The number of benzene rings is 1. The van der Waals surface area contributed by atoms with Gasteiger partial charge in [0.2, 0.25) is 0 Å². The summed E-state index contributed by atoms with van der Waals surface area (Å²) in [5.74, 6) is -0.266. The van der Waals surface area contributed by atoms with E-state index in [2.05, 4.69) is 19.3 Å². The Morgan fingerprint density at radius 3 is 2.37 bits per heavy atom. The Bertz CT molecular complexity index is 1650. The van der Waals surface area contributed by atoms with Crippen LogP contribution >= 0.6 is 0 Å². The van der Waals surface area contributed by atoms with Crippen LogP contribution in [0.5, 0.6) is 0 Å². The van der Waals surface area contributed by atoms with Crippen LogP contribution < -0.4 is 0 Å². The summed E-state index contributed by atoms with van der Waals surface area (Å²) in [4.78, 5) is 12.0. The molecule has 0 spiro atoms. The molecule has 3 aromatic heterocycles. The second-order valence-electron chi connectivity index (χ2n) is 7.81. The Hall–Kier alpha value is -3.32. The fraction of sp³-hybridized carbons (Fsp3) is 0.227. The number of nitrogens with zero attached hydrogens (tertiary/aromatic N) is 5. The number of imidazole rings is 1. The molecule has 0 aliphatic rings. The molecule has 1 unspecified atom stereocenters. The highest BCUT2D eigenvalue weighted by atomic mass is 32.2. The smallest absolute Gasteiger partial charge is 0.290 e. The average Bonchev–Trinajstić information content (AvgIpc) is 3.22. The Morgan fingerprint density at radius 1 is 1.06 bits per heavy atom. The lowest BCUT2D eigenvalue weighted by atomic mass is 10.2. The van der Waals surface area contributed by atoms with E-state index in [9.17, 15) is 25.8 Å². The second-order valence-corrected chi connectivity index (χ2v) is 12.3. The third-order valence-electron chi connectivity index (χ3n) is 5.17. The van der Waals surface area contributed by atoms with E-state index in [-0.39, 0.29) is 33.4 Å². The Labute approximate surface area is 200 Å². The Balaban J connectivity index is 1.86. The monoisotopic (exact) mass is 523 g/mol. The molecule has 0 bridgehead atoms. The van der Waals surface area contributed by atoms with Crippen molar-refractivity contribution in [3.8, 4) is 11.4 Å². The largest absolute Gasteiger partial charge is 0.433 e. The minimum absolute atomic E-state index is 0.0421. The number of halogens is 3. The van der Waals surface area contributed by atoms with Gasteiger partial charge in [0.05, 0.1) is 32.3 Å². The van der Waals surface area contributed by atoms with Crippen LogP contribution in [0.4, 0.5) is 18.9 Å². The van der Waals surface area contributed by atoms with E-state index in [1.165, 1.54) is 36.0 Å². The van der Waals surface area contributed by atoms with E-state index >= 15 is 0 Å². The van der Waals surface area contributed by atoms with Crippen molar-refractivity contribution in [3.63, 3.8) is 0 Å². The quantitative estimate of drug-likeness (QED) is 0.375. The molecule has 1 aromatic carbocycles. The summed E-state index contributed by atoms with van der Waals surface area (Å²) in [5, 5.41) is 0. The van der Waals surface area contributed by atoms with E-state index in [0.717, 1.165) is 18.0 Å². The van der Waals surface area contributed by atoms with Crippen LogP contribution in [0.25, 0.3) is 17.0 Å². The topological polar surface area (TPSA) is 107 Å². The van der Waals surface area contributed by atoms with Gasteiger partial charge in [0.1, 0.15) is 29.1 Å². The lowest BCUT2D eigenvalue weighted by Crippen LogP contribution is -2.08. The second kappa shape index (κ2) is 8.72.